The minimum atomic E-state index is -2.38. The summed E-state index contributed by atoms with van der Waals surface area (Å²) in [4.78, 5) is 9.67. The van der Waals surface area contributed by atoms with Crippen molar-refractivity contribution in [3.63, 3.8) is 0 Å². The number of rotatable bonds is 0. The van der Waals surface area contributed by atoms with Gasteiger partial charge in [-0.2, -0.15) is 0 Å². The van der Waals surface area contributed by atoms with Gasteiger partial charge in [0, 0.05) is 0 Å². The Morgan fingerprint density at radius 2 is 2.36 bits per heavy atom. The van der Waals surface area contributed by atoms with Gasteiger partial charge in [-0.05, 0) is 0 Å². The third kappa shape index (κ3) is 2.45. The van der Waals surface area contributed by atoms with Gasteiger partial charge < -0.3 is 0 Å². The summed E-state index contributed by atoms with van der Waals surface area (Å²) in [6, 6.07) is 0. The zero-order valence-corrected chi connectivity index (χ0v) is 8.00. The van der Waals surface area contributed by atoms with Crippen LogP contribution in [0.15, 0.2) is 0 Å². The fourth-order valence-corrected chi connectivity index (χ4v) is 3.86. The molecule has 2 atom stereocenters. The van der Waals surface area contributed by atoms with E-state index in [1.807, 2.05) is 6.92 Å². The van der Waals surface area contributed by atoms with Gasteiger partial charge in [0.25, 0.3) is 0 Å². The molecule has 0 radical (unpaired) electrons. The second kappa shape index (κ2) is 3.11. The molecule has 0 aromatic carbocycles. The molecule has 11 heavy (non-hydrogen) atoms. The molecule has 0 amide bonds. The van der Waals surface area contributed by atoms with E-state index in [4.69, 9.17) is 10.9 Å². The van der Waals surface area contributed by atoms with Gasteiger partial charge in [-0.1, -0.05) is 0 Å². The molecule has 1 rings (SSSR count). The van der Waals surface area contributed by atoms with Crippen molar-refractivity contribution in [1.82, 2.24) is 0 Å². The Labute approximate surface area is 68.5 Å². The molecule has 0 bridgehead atoms. The molecule has 0 spiro atoms. The Bertz CT molecular complexity index is 183. The first-order valence-electron chi connectivity index (χ1n) is 3.90. The number of terminal acetylenes is 1. The molecule has 64 valence electrons. The van der Waals surface area contributed by atoms with E-state index in [0.29, 0.717) is 6.16 Å². The van der Waals surface area contributed by atoms with Crippen molar-refractivity contribution in [2.75, 3.05) is 12.8 Å². The van der Waals surface area contributed by atoms with Gasteiger partial charge in [0.2, 0.25) is 0 Å². The van der Waals surface area contributed by atoms with Crippen molar-refractivity contribution in [3.05, 3.63) is 0 Å². The Morgan fingerprint density at radius 3 is 2.82 bits per heavy atom. The van der Waals surface area contributed by atoms with Gasteiger partial charge in [0.05, 0.1) is 0 Å². The summed E-state index contributed by atoms with van der Waals surface area (Å²) in [5, 5.41) is 0. The van der Waals surface area contributed by atoms with E-state index in [2.05, 4.69) is 5.92 Å². The first kappa shape index (κ1) is 9.00. The van der Waals surface area contributed by atoms with Crippen LogP contribution in [0.3, 0.4) is 0 Å². The van der Waals surface area contributed by atoms with Gasteiger partial charge in [0.15, 0.2) is 0 Å². The molecule has 0 aromatic rings. The summed E-state index contributed by atoms with van der Waals surface area (Å²) in [5.41, 5.74) is 0. The third-order valence-corrected chi connectivity index (χ3v) is 4.09. The maximum atomic E-state index is 9.67. The number of hydrogen-bond donors (Lipinski definition) is 1. The van der Waals surface area contributed by atoms with Crippen LogP contribution >= 0.6 is 7.72 Å². The fraction of sp³-hybridized carbons (Fsp3) is 0.750. The summed E-state index contributed by atoms with van der Waals surface area (Å²) in [7, 11) is -2.38. The van der Waals surface area contributed by atoms with Crippen LogP contribution in [-0.4, -0.2) is 23.8 Å². The standard InChI is InChI=1S/C8H15O2P/c1-4-8-5-7(2)10-11(3,9)6-8/h1,7-9,11H,5-6H2,2-3H3. The maximum absolute atomic E-state index is 9.67. The molecule has 1 aliphatic heterocycles. The average Bonchev–Trinajstić information content (AvgIpc) is 1.83. The summed E-state index contributed by atoms with van der Waals surface area (Å²) < 4.78 is 5.40. The monoisotopic (exact) mass is 174 g/mol. The van der Waals surface area contributed by atoms with Crippen LogP contribution < -0.4 is 0 Å². The van der Waals surface area contributed by atoms with Gasteiger partial charge in [-0.25, -0.2) is 0 Å². The van der Waals surface area contributed by atoms with Crippen molar-refractivity contribution in [3.8, 4) is 12.3 Å². The second-order valence-corrected chi connectivity index (χ2v) is 6.40. The van der Waals surface area contributed by atoms with E-state index in [-0.39, 0.29) is 12.0 Å². The first-order chi connectivity index (χ1) is 5.03. The topological polar surface area (TPSA) is 29.5 Å². The molecule has 1 aliphatic rings. The number of hydrogen-bond acceptors (Lipinski definition) is 2. The van der Waals surface area contributed by atoms with Crippen molar-refractivity contribution in [2.24, 2.45) is 5.92 Å². The van der Waals surface area contributed by atoms with Crippen LogP contribution in [0.25, 0.3) is 0 Å². The Morgan fingerprint density at radius 1 is 1.73 bits per heavy atom. The molecule has 0 aromatic heterocycles. The van der Waals surface area contributed by atoms with E-state index < -0.39 is 7.72 Å². The Balaban J connectivity index is 2.60. The van der Waals surface area contributed by atoms with E-state index in [1.165, 1.54) is 0 Å². The van der Waals surface area contributed by atoms with Gasteiger partial charge in [-0.3, -0.25) is 0 Å². The first-order valence-corrected chi connectivity index (χ1v) is 6.46. The van der Waals surface area contributed by atoms with Crippen LogP contribution in [0.4, 0.5) is 0 Å². The SMILES string of the molecule is C#CC1CC(C)O[PH](C)(O)C1. The van der Waals surface area contributed by atoms with Crippen molar-refractivity contribution < 1.29 is 9.42 Å². The molecule has 2 nitrogen and oxygen atoms in total. The fourth-order valence-electron chi connectivity index (χ4n) is 1.60. The molecule has 3 heteroatoms. The Kier molecular flexibility index (Phi) is 2.54. The quantitative estimate of drug-likeness (QED) is 0.442. The normalized spacial score (nSPS) is 39.1. The molecule has 1 heterocycles. The third-order valence-electron chi connectivity index (χ3n) is 1.93. The van der Waals surface area contributed by atoms with Crippen LogP contribution in [0.2, 0.25) is 0 Å². The van der Waals surface area contributed by atoms with Crippen molar-refractivity contribution in [1.29, 1.82) is 0 Å². The molecule has 0 saturated carbocycles. The molecule has 1 N–H and O–H groups in total. The van der Waals surface area contributed by atoms with Gasteiger partial charge >= 0.3 is 67.7 Å². The van der Waals surface area contributed by atoms with Gasteiger partial charge in [-0.15, -0.1) is 0 Å². The molecule has 0 aliphatic carbocycles. The Hall–Kier alpha value is -0.0900. The summed E-state index contributed by atoms with van der Waals surface area (Å²) in [6.07, 6.45) is 7.00. The summed E-state index contributed by atoms with van der Waals surface area (Å²) in [6.45, 7) is 3.76. The predicted octanol–water partition coefficient (Wildman–Crippen LogP) is 1.25. The molecule has 2 unspecified atom stereocenters. The average molecular weight is 174 g/mol. The predicted molar refractivity (Wildman–Crippen MR) is 48.8 cm³/mol. The summed E-state index contributed by atoms with van der Waals surface area (Å²) >= 11 is 0. The van der Waals surface area contributed by atoms with Gasteiger partial charge in [0.1, 0.15) is 0 Å². The second-order valence-electron chi connectivity index (χ2n) is 3.41. The minimum absolute atomic E-state index is 0.131. The van der Waals surface area contributed by atoms with Crippen LogP contribution in [0, 0.1) is 18.3 Å². The zero-order valence-electron chi connectivity index (χ0n) is 7.00. The zero-order chi connectivity index (χ0) is 8.48. The molecule has 1 fully saturated rings. The summed E-state index contributed by atoms with van der Waals surface area (Å²) in [5.74, 6) is 2.91. The van der Waals surface area contributed by atoms with Crippen LogP contribution in [-0.2, 0) is 4.52 Å². The van der Waals surface area contributed by atoms with E-state index in [1.54, 1.807) is 6.66 Å². The van der Waals surface area contributed by atoms with Crippen molar-refractivity contribution in [2.45, 2.75) is 19.4 Å². The molecular weight excluding hydrogens is 159 g/mol. The van der Waals surface area contributed by atoms with E-state index in [0.717, 1.165) is 6.42 Å². The van der Waals surface area contributed by atoms with Crippen molar-refractivity contribution >= 4 is 7.72 Å². The molecular formula is C8H15O2P. The van der Waals surface area contributed by atoms with Crippen LogP contribution in [0.1, 0.15) is 13.3 Å². The van der Waals surface area contributed by atoms with Crippen LogP contribution in [0.5, 0.6) is 0 Å². The van der Waals surface area contributed by atoms with E-state index in [9.17, 15) is 4.89 Å². The molecule has 1 saturated heterocycles. The van der Waals surface area contributed by atoms with E-state index >= 15 is 0 Å².